The van der Waals surface area contributed by atoms with Gasteiger partial charge in [0.2, 0.25) is 0 Å². The van der Waals surface area contributed by atoms with Crippen molar-refractivity contribution in [2.24, 2.45) is 0 Å². The van der Waals surface area contributed by atoms with Gasteiger partial charge < -0.3 is 10.1 Å². The molecule has 0 aliphatic rings. The minimum Gasteiger partial charge on any atom is -0.497 e. The van der Waals surface area contributed by atoms with Crippen molar-refractivity contribution in [2.45, 2.75) is 58.5 Å². The molecule has 0 aliphatic carbocycles. The van der Waals surface area contributed by atoms with Crippen molar-refractivity contribution in [2.75, 3.05) is 7.11 Å². The lowest BCUT2D eigenvalue weighted by Crippen LogP contribution is -2.34. The molecule has 0 fully saturated rings. The minimum atomic E-state index is -0.284. The average Bonchev–Trinajstić information content (AvgIpc) is 3.19. The Morgan fingerprint density at radius 1 is 1.09 bits per heavy atom. The first kappa shape index (κ1) is 23.5. The fourth-order valence-electron chi connectivity index (χ4n) is 3.39. The van der Waals surface area contributed by atoms with E-state index in [1.54, 1.807) is 23.9 Å². The van der Waals surface area contributed by atoms with Gasteiger partial charge >= 0.3 is 0 Å². The zero-order valence-electron chi connectivity index (χ0n) is 19.5. The third-order valence-corrected chi connectivity index (χ3v) is 5.43. The standard InChI is InChI=1S/C26H32FN3O2/c1-18(6-7-19-10-14-22(32-5)15-11-19)28-25(31)23-16-24(26(2,3)4)29-30(23)17-20-8-12-21(27)13-9-20/h8-16,18H,6-7,17H2,1-5H3,(H,28,31). The maximum atomic E-state index is 13.3. The van der Waals surface area contributed by atoms with Gasteiger partial charge in [-0.2, -0.15) is 5.10 Å². The van der Waals surface area contributed by atoms with Crippen LogP contribution in [0.1, 0.15) is 61.4 Å². The van der Waals surface area contributed by atoms with Gasteiger partial charge in [0.05, 0.1) is 19.3 Å². The van der Waals surface area contributed by atoms with E-state index < -0.39 is 0 Å². The van der Waals surface area contributed by atoms with E-state index in [1.807, 2.05) is 37.3 Å². The van der Waals surface area contributed by atoms with E-state index >= 15 is 0 Å². The van der Waals surface area contributed by atoms with Crippen LogP contribution in [0.2, 0.25) is 0 Å². The molecule has 6 heteroatoms. The highest BCUT2D eigenvalue weighted by Gasteiger charge is 2.23. The van der Waals surface area contributed by atoms with E-state index in [-0.39, 0.29) is 23.2 Å². The molecule has 1 N–H and O–H groups in total. The molecule has 0 radical (unpaired) electrons. The molecule has 1 aromatic heterocycles. The molecular weight excluding hydrogens is 405 g/mol. The summed E-state index contributed by atoms with van der Waals surface area (Å²) in [5, 5.41) is 7.79. The SMILES string of the molecule is COc1ccc(CCC(C)NC(=O)c2cc(C(C)(C)C)nn2Cc2ccc(F)cc2)cc1. The Hall–Kier alpha value is -3.15. The quantitative estimate of drug-likeness (QED) is 0.532. The first-order valence-corrected chi connectivity index (χ1v) is 10.9. The van der Waals surface area contributed by atoms with Crippen molar-refractivity contribution in [3.63, 3.8) is 0 Å². The highest BCUT2D eigenvalue weighted by atomic mass is 19.1. The topological polar surface area (TPSA) is 56.1 Å². The van der Waals surface area contributed by atoms with Crippen LogP contribution >= 0.6 is 0 Å². The number of hydrogen-bond donors (Lipinski definition) is 1. The number of benzene rings is 2. The van der Waals surface area contributed by atoms with Gasteiger partial charge in [0.1, 0.15) is 17.3 Å². The van der Waals surface area contributed by atoms with Crippen molar-refractivity contribution in [3.8, 4) is 5.75 Å². The van der Waals surface area contributed by atoms with Crippen molar-refractivity contribution < 1.29 is 13.9 Å². The Morgan fingerprint density at radius 2 is 1.72 bits per heavy atom. The molecule has 0 saturated heterocycles. The summed E-state index contributed by atoms with van der Waals surface area (Å²) in [4.78, 5) is 13.1. The maximum absolute atomic E-state index is 13.3. The molecule has 1 unspecified atom stereocenters. The third kappa shape index (κ3) is 6.19. The predicted octanol–water partition coefficient (Wildman–Crippen LogP) is 5.13. The smallest absolute Gasteiger partial charge is 0.269 e. The second kappa shape index (κ2) is 9.98. The first-order valence-electron chi connectivity index (χ1n) is 10.9. The molecule has 0 spiro atoms. The Bertz CT molecular complexity index is 1030. The number of halogens is 1. The number of ether oxygens (including phenoxy) is 1. The van der Waals surface area contributed by atoms with E-state index in [4.69, 9.17) is 4.74 Å². The molecule has 0 aliphatic heterocycles. The van der Waals surface area contributed by atoms with Gasteiger partial charge in [0.25, 0.3) is 5.91 Å². The zero-order valence-corrected chi connectivity index (χ0v) is 19.5. The molecule has 5 nitrogen and oxygen atoms in total. The molecule has 1 amide bonds. The number of nitrogens with zero attached hydrogens (tertiary/aromatic N) is 2. The second-order valence-electron chi connectivity index (χ2n) is 9.21. The van der Waals surface area contributed by atoms with E-state index in [2.05, 4.69) is 31.2 Å². The van der Waals surface area contributed by atoms with Crippen LogP contribution in [0.15, 0.2) is 54.6 Å². The minimum absolute atomic E-state index is 0.00291. The van der Waals surface area contributed by atoms with Crippen LogP contribution in [0, 0.1) is 5.82 Å². The molecule has 3 aromatic rings. The number of methoxy groups -OCH3 is 1. The summed E-state index contributed by atoms with van der Waals surface area (Å²) in [5.41, 5.74) is 3.24. The molecule has 0 bridgehead atoms. The van der Waals surface area contributed by atoms with Gasteiger partial charge in [0.15, 0.2) is 0 Å². The van der Waals surface area contributed by atoms with E-state index in [9.17, 15) is 9.18 Å². The summed E-state index contributed by atoms with van der Waals surface area (Å²) in [7, 11) is 1.65. The van der Waals surface area contributed by atoms with E-state index in [0.29, 0.717) is 12.2 Å². The van der Waals surface area contributed by atoms with Gasteiger partial charge in [-0.3, -0.25) is 9.48 Å². The Kier molecular flexibility index (Phi) is 7.33. The Balaban J connectivity index is 1.70. The summed E-state index contributed by atoms with van der Waals surface area (Å²) >= 11 is 0. The summed E-state index contributed by atoms with van der Waals surface area (Å²) in [5.74, 6) is 0.393. The van der Waals surface area contributed by atoms with Crippen molar-refractivity contribution in [1.82, 2.24) is 15.1 Å². The number of carbonyl (C=O) groups excluding carboxylic acids is 1. The van der Waals surface area contributed by atoms with Crippen molar-refractivity contribution >= 4 is 5.91 Å². The van der Waals surface area contributed by atoms with Crippen molar-refractivity contribution in [3.05, 3.63) is 82.9 Å². The zero-order chi connectivity index (χ0) is 23.3. The van der Waals surface area contributed by atoms with Crippen LogP contribution in [0.25, 0.3) is 0 Å². The molecule has 3 rings (SSSR count). The molecule has 170 valence electrons. The molecular formula is C26H32FN3O2. The lowest BCUT2D eigenvalue weighted by molar-refractivity contribution is 0.0928. The van der Waals surface area contributed by atoms with Crippen LogP contribution in [0.4, 0.5) is 4.39 Å². The van der Waals surface area contributed by atoms with Gasteiger partial charge in [-0.1, -0.05) is 45.0 Å². The average molecular weight is 438 g/mol. The van der Waals surface area contributed by atoms with Crippen molar-refractivity contribution in [1.29, 1.82) is 0 Å². The highest BCUT2D eigenvalue weighted by molar-refractivity contribution is 5.93. The number of aromatic nitrogens is 2. The fraction of sp³-hybridized carbons (Fsp3) is 0.385. The van der Waals surface area contributed by atoms with Crippen LogP contribution in [0.5, 0.6) is 5.75 Å². The number of nitrogens with one attached hydrogen (secondary N) is 1. The van der Waals surface area contributed by atoms with Gasteiger partial charge in [-0.05, 0) is 61.2 Å². The fourth-order valence-corrected chi connectivity index (χ4v) is 3.39. The molecule has 0 saturated carbocycles. The molecule has 1 heterocycles. The lowest BCUT2D eigenvalue weighted by Gasteiger charge is -2.15. The maximum Gasteiger partial charge on any atom is 0.269 e. The van der Waals surface area contributed by atoms with Gasteiger partial charge in [0, 0.05) is 11.5 Å². The summed E-state index contributed by atoms with van der Waals surface area (Å²) in [6, 6.07) is 16.1. The molecule has 1 atom stereocenters. The van der Waals surface area contributed by atoms with E-state index in [0.717, 1.165) is 29.8 Å². The normalized spacial score (nSPS) is 12.4. The lowest BCUT2D eigenvalue weighted by atomic mass is 9.92. The summed E-state index contributed by atoms with van der Waals surface area (Å²) < 4.78 is 20.2. The second-order valence-corrected chi connectivity index (χ2v) is 9.21. The monoisotopic (exact) mass is 437 g/mol. The number of amides is 1. The number of aryl methyl sites for hydroxylation is 1. The predicted molar refractivity (Wildman–Crippen MR) is 125 cm³/mol. The Morgan fingerprint density at radius 3 is 2.31 bits per heavy atom. The molecule has 32 heavy (non-hydrogen) atoms. The number of rotatable bonds is 8. The molecule has 2 aromatic carbocycles. The van der Waals surface area contributed by atoms with E-state index in [1.165, 1.54) is 17.7 Å². The summed E-state index contributed by atoms with van der Waals surface area (Å²) in [6.45, 7) is 8.61. The summed E-state index contributed by atoms with van der Waals surface area (Å²) in [6.07, 6.45) is 1.67. The van der Waals surface area contributed by atoms with Crippen LogP contribution in [-0.2, 0) is 18.4 Å². The van der Waals surface area contributed by atoms with Crippen LogP contribution in [0.3, 0.4) is 0 Å². The van der Waals surface area contributed by atoms with Gasteiger partial charge in [-0.15, -0.1) is 0 Å². The highest BCUT2D eigenvalue weighted by Crippen LogP contribution is 2.23. The first-order chi connectivity index (χ1) is 15.2. The largest absolute Gasteiger partial charge is 0.497 e. The third-order valence-electron chi connectivity index (χ3n) is 5.43. The van der Waals surface area contributed by atoms with Crippen LogP contribution in [-0.4, -0.2) is 28.8 Å². The van der Waals surface area contributed by atoms with Gasteiger partial charge in [-0.25, -0.2) is 4.39 Å². The number of carbonyl (C=O) groups is 1. The van der Waals surface area contributed by atoms with Crippen LogP contribution < -0.4 is 10.1 Å². The Labute approximate surface area is 189 Å². The number of hydrogen-bond acceptors (Lipinski definition) is 3.